The number of ether oxygens (including phenoxy) is 1. The lowest BCUT2D eigenvalue weighted by atomic mass is 9.99. The van der Waals surface area contributed by atoms with Crippen molar-refractivity contribution < 1.29 is 4.74 Å². The number of nitrogens with one attached hydrogen (secondary N) is 1. The van der Waals surface area contributed by atoms with Crippen molar-refractivity contribution in [2.75, 3.05) is 37.7 Å². The first-order chi connectivity index (χ1) is 9.72. The van der Waals surface area contributed by atoms with Crippen LogP contribution in [0.2, 0.25) is 0 Å². The van der Waals surface area contributed by atoms with E-state index in [1.54, 1.807) is 0 Å². The molecule has 1 aromatic rings. The molecule has 1 unspecified atom stereocenters. The molecule has 0 bridgehead atoms. The molecule has 1 fully saturated rings. The average Bonchev–Trinajstić information content (AvgIpc) is 2.45. The van der Waals surface area contributed by atoms with Crippen molar-refractivity contribution in [2.45, 2.75) is 33.6 Å². The Bertz CT molecular complexity index is 418. The van der Waals surface area contributed by atoms with E-state index in [1.165, 1.54) is 12.8 Å². The monoisotopic (exact) mass is 278 g/mol. The van der Waals surface area contributed by atoms with Crippen LogP contribution in [-0.2, 0) is 0 Å². The van der Waals surface area contributed by atoms with Gasteiger partial charge in [0, 0.05) is 19.2 Å². The summed E-state index contributed by atoms with van der Waals surface area (Å²) in [5, 5.41) is 3.47. The van der Waals surface area contributed by atoms with Gasteiger partial charge in [0.25, 0.3) is 0 Å². The molecule has 2 rings (SSSR count). The molecule has 0 radical (unpaired) electrons. The van der Waals surface area contributed by atoms with E-state index in [-0.39, 0.29) is 0 Å². The zero-order valence-corrected chi connectivity index (χ0v) is 12.9. The van der Waals surface area contributed by atoms with E-state index in [4.69, 9.17) is 4.74 Å². The van der Waals surface area contributed by atoms with Gasteiger partial charge in [-0.15, -0.1) is 0 Å². The summed E-state index contributed by atoms with van der Waals surface area (Å²) in [6.07, 6.45) is 2.57. The summed E-state index contributed by atoms with van der Waals surface area (Å²) in [4.78, 5) is 11.2. The minimum Gasteiger partial charge on any atom is -0.478 e. The summed E-state index contributed by atoms with van der Waals surface area (Å²) in [6.45, 7) is 11.0. The summed E-state index contributed by atoms with van der Waals surface area (Å²) in [7, 11) is 0. The zero-order chi connectivity index (χ0) is 14.4. The largest absolute Gasteiger partial charge is 0.478 e. The summed E-state index contributed by atoms with van der Waals surface area (Å²) in [6, 6.07) is 1.95. The van der Waals surface area contributed by atoms with Crippen molar-refractivity contribution in [3.8, 4) is 5.88 Å². The lowest BCUT2D eigenvalue weighted by Crippen LogP contribution is -2.38. The Morgan fingerprint density at radius 1 is 1.40 bits per heavy atom. The molecule has 1 aliphatic heterocycles. The average molecular weight is 278 g/mol. The van der Waals surface area contributed by atoms with Crippen LogP contribution in [0.4, 0.5) is 5.82 Å². The van der Waals surface area contributed by atoms with Crippen LogP contribution >= 0.6 is 0 Å². The van der Waals surface area contributed by atoms with E-state index in [1.807, 2.05) is 19.9 Å². The molecule has 1 N–H and O–H groups in total. The predicted molar refractivity (Wildman–Crippen MR) is 81.4 cm³/mol. The molecule has 1 aromatic heterocycles. The third kappa shape index (κ3) is 4.07. The fourth-order valence-corrected chi connectivity index (χ4v) is 2.69. The Balaban J connectivity index is 2.09. The van der Waals surface area contributed by atoms with E-state index < -0.39 is 0 Å². The minimum atomic E-state index is 0.633. The van der Waals surface area contributed by atoms with Crippen LogP contribution in [0.5, 0.6) is 5.88 Å². The predicted octanol–water partition coefficient (Wildman–Crippen LogP) is 2.01. The van der Waals surface area contributed by atoms with Gasteiger partial charge in [0.15, 0.2) is 0 Å². The third-order valence-electron chi connectivity index (χ3n) is 3.68. The van der Waals surface area contributed by atoms with Crippen LogP contribution < -0.4 is 15.0 Å². The van der Waals surface area contributed by atoms with E-state index >= 15 is 0 Å². The van der Waals surface area contributed by atoms with Gasteiger partial charge in [0.1, 0.15) is 11.6 Å². The van der Waals surface area contributed by atoms with E-state index in [0.29, 0.717) is 18.4 Å². The van der Waals surface area contributed by atoms with Crippen molar-refractivity contribution >= 4 is 5.82 Å². The smallest absolute Gasteiger partial charge is 0.218 e. The van der Waals surface area contributed by atoms with Crippen molar-refractivity contribution in [3.05, 3.63) is 11.9 Å². The van der Waals surface area contributed by atoms with Crippen molar-refractivity contribution in [3.63, 3.8) is 0 Å². The number of anilines is 1. The maximum Gasteiger partial charge on any atom is 0.218 e. The minimum absolute atomic E-state index is 0.633. The highest BCUT2D eigenvalue weighted by atomic mass is 16.5. The standard InChI is InChI=1S/C15H26N4O/c1-4-19(11-13-7-6-8-16-10-13)14-9-15(20-5-2)18-12(3)17-14/h9,13,16H,4-8,10-11H2,1-3H3. The number of aromatic nitrogens is 2. The molecule has 0 aliphatic carbocycles. The number of hydrogen-bond acceptors (Lipinski definition) is 5. The molecular weight excluding hydrogens is 252 g/mol. The molecule has 112 valence electrons. The van der Waals surface area contributed by atoms with Gasteiger partial charge in [-0.1, -0.05) is 0 Å². The molecule has 0 saturated carbocycles. The molecule has 5 heteroatoms. The quantitative estimate of drug-likeness (QED) is 0.862. The van der Waals surface area contributed by atoms with Gasteiger partial charge < -0.3 is 15.0 Å². The van der Waals surface area contributed by atoms with Crippen molar-refractivity contribution in [1.29, 1.82) is 0 Å². The fraction of sp³-hybridized carbons (Fsp3) is 0.733. The normalized spacial score (nSPS) is 18.9. The molecule has 1 aliphatic rings. The number of aryl methyl sites for hydroxylation is 1. The molecular formula is C15H26N4O. The van der Waals surface area contributed by atoms with Crippen LogP contribution in [0.15, 0.2) is 6.07 Å². The van der Waals surface area contributed by atoms with Crippen molar-refractivity contribution in [2.24, 2.45) is 5.92 Å². The van der Waals surface area contributed by atoms with Crippen LogP contribution in [0.3, 0.4) is 0 Å². The third-order valence-corrected chi connectivity index (χ3v) is 3.68. The molecule has 0 aromatic carbocycles. The van der Waals surface area contributed by atoms with Gasteiger partial charge in [-0.3, -0.25) is 0 Å². The first-order valence-corrected chi connectivity index (χ1v) is 7.67. The Hall–Kier alpha value is -1.36. The molecule has 2 heterocycles. The van der Waals surface area contributed by atoms with Gasteiger partial charge in [0.05, 0.1) is 6.61 Å². The molecule has 1 saturated heterocycles. The van der Waals surface area contributed by atoms with Crippen LogP contribution in [0.1, 0.15) is 32.5 Å². The number of hydrogen-bond donors (Lipinski definition) is 1. The molecule has 0 amide bonds. The zero-order valence-electron chi connectivity index (χ0n) is 12.9. The Labute approximate surface area is 121 Å². The molecule has 0 spiro atoms. The Kier molecular flexibility index (Phi) is 5.59. The second kappa shape index (κ2) is 7.43. The summed E-state index contributed by atoms with van der Waals surface area (Å²) < 4.78 is 5.52. The topological polar surface area (TPSA) is 50.3 Å². The summed E-state index contributed by atoms with van der Waals surface area (Å²) in [5.74, 6) is 3.13. The molecule has 5 nitrogen and oxygen atoms in total. The van der Waals surface area contributed by atoms with Crippen LogP contribution in [0, 0.1) is 12.8 Å². The SMILES string of the molecule is CCOc1cc(N(CC)CC2CCCNC2)nc(C)n1. The summed E-state index contributed by atoms with van der Waals surface area (Å²) >= 11 is 0. The van der Waals surface area contributed by atoms with E-state index in [2.05, 4.69) is 27.1 Å². The van der Waals surface area contributed by atoms with Gasteiger partial charge in [-0.25, -0.2) is 4.98 Å². The molecule has 20 heavy (non-hydrogen) atoms. The second-order valence-corrected chi connectivity index (χ2v) is 5.30. The maximum atomic E-state index is 5.52. The maximum absolute atomic E-state index is 5.52. The van der Waals surface area contributed by atoms with Gasteiger partial charge in [-0.2, -0.15) is 4.98 Å². The van der Waals surface area contributed by atoms with E-state index in [9.17, 15) is 0 Å². The fourth-order valence-electron chi connectivity index (χ4n) is 2.69. The van der Waals surface area contributed by atoms with Gasteiger partial charge >= 0.3 is 0 Å². The van der Waals surface area contributed by atoms with Gasteiger partial charge in [0.2, 0.25) is 5.88 Å². The summed E-state index contributed by atoms with van der Waals surface area (Å²) in [5.41, 5.74) is 0. The van der Waals surface area contributed by atoms with Crippen LogP contribution in [0.25, 0.3) is 0 Å². The Morgan fingerprint density at radius 2 is 2.25 bits per heavy atom. The number of rotatable bonds is 6. The molecule has 1 atom stereocenters. The van der Waals surface area contributed by atoms with E-state index in [0.717, 1.165) is 37.8 Å². The highest BCUT2D eigenvalue weighted by Gasteiger charge is 2.18. The van der Waals surface area contributed by atoms with Gasteiger partial charge in [-0.05, 0) is 52.6 Å². The number of piperidine rings is 1. The van der Waals surface area contributed by atoms with Crippen LogP contribution in [-0.4, -0.2) is 42.8 Å². The lowest BCUT2D eigenvalue weighted by molar-refractivity contribution is 0.325. The first kappa shape index (κ1) is 15.0. The Morgan fingerprint density at radius 3 is 2.90 bits per heavy atom. The first-order valence-electron chi connectivity index (χ1n) is 7.67. The highest BCUT2D eigenvalue weighted by Crippen LogP contribution is 2.20. The van der Waals surface area contributed by atoms with Crippen molar-refractivity contribution in [1.82, 2.24) is 15.3 Å². The highest BCUT2D eigenvalue weighted by molar-refractivity contribution is 5.41. The second-order valence-electron chi connectivity index (χ2n) is 5.30. The number of nitrogens with zero attached hydrogens (tertiary/aromatic N) is 3. The lowest BCUT2D eigenvalue weighted by Gasteiger charge is -2.30.